The number of hydrogen-bond donors (Lipinski definition) is 0. The van der Waals surface area contributed by atoms with Crippen molar-refractivity contribution in [2.24, 2.45) is 7.05 Å². The van der Waals surface area contributed by atoms with E-state index in [1.807, 2.05) is 43.4 Å². The molecule has 1 aromatic heterocycles. The van der Waals surface area contributed by atoms with Crippen molar-refractivity contribution in [1.82, 2.24) is 0 Å². The zero-order valence-electron chi connectivity index (χ0n) is 12.5. The van der Waals surface area contributed by atoms with Crippen molar-refractivity contribution in [3.05, 3.63) is 71.9 Å². The number of benzene rings is 2. The topological polar surface area (TPSA) is 13.1 Å². The van der Waals surface area contributed by atoms with Crippen molar-refractivity contribution in [2.45, 2.75) is 0 Å². The molecular formula is C19H16INO. The number of aryl methyl sites for hydroxylation is 1. The largest absolute Gasteiger partial charge is 1.00 e. The second kappa shape index (κ2) is 7.28. The summed E-state index contributed by atoms with van der Waals surface area (Å²) in [5.41, 5.74) is 3.19. The molecule has 3 aromatic rings. The zero-order valence-corrected chi connectivity index (χ0v) is 14.7. The van der Waals surface area contributed by atoms with Gasteiger partial charge in [-0.05, 0) is 36.4 Å². The molecule has 0 radical (unpaired) electrons. The molecule has 110 valence electrons. The molecule has 22 heavy (non-hydrogen) atoms. The van der Waals surface area contributed by atoms with Gasteiger partial charge in [0.25, 0.3) is 0 Å². The van der Waals surface area contributed by atoms with Gasteiger partial charge in [-0.2, -0.15) is 4.57 Å². The van der Waals surface area contributed by atoms with Crippen LogP contribution in [0.25, 0.3) is 10.9 Å². The number of methoxy groups -OCH3 is 1. The van der Waals surface area contributed by atoms with E-state index in [0.29, 0.717) is 0 Å². The molecule has 0 N–H and O–H groups in total. The van der Waals surface area contributed by atoms with Crippen molar-refractivity contribution >= 4 is 10.9 Å². The molecule has 2 aromatic carbocycles. The highest BCUT2D eigenvalue weighted by atomic mass is 127. The van der Waals surface area contributed by atoms with Gasteiger partial charge in [-0.3, -0.25) is 0 Å². The standard InChI is InChI=1S/C19H16NO.HI/c1-20-14-16(13-17-5-3-4-6-19(17)20)8-7-15-9-11-18(21-2)12-10-15;/h3-6,9-14H,1-2H3;1H/q+1;/p-1. The average molecular weight is 401 g/mol. The highest BCUT2D eigenvalue weighted by molar-refractivity contribution is 5.76. The molecule has 0 aliphatic heterocycles. The summed E-state index contributed by atoms with van der Waals surface area (Å²) >= 11 is 0. The molecule has 2 nitrogen and oxygen atoms in total. The van der Waals surface area contributed by atoms with Gasteiger partial charge in [-0.15, -0.1) is 0 Å². The second-order valence-corrected chi connectivity index (χ2v) is 4.88. The molecule has 3 heteroatoms. The molecule has 0 amide bonds. The lowest BCUT2D eigenvalue weighted by Crippen LogP contribution is -3.00. The molecule has 0 saturated heterocycles. The number of para-hydroxylation sites is 1. The smallest absolute Gasteiger partial charge is 0.212 e. The lowest BCUT2D eigenvalue weighted by molar-refractivity contribution is -0.645. The first kappa shape index (κ1) is 16.3. The van der Waals surface area contributed by atoms with Crippen molar-refractivity contribution in [3.63, 3.8) is 0 Å². The first-order chi connectivity index (χ1) is 10.3. The van der Waals surface area contributed by atoms with Gasteiger partial charge < -0.3 is 28.7 Å². The third-order valence-corrected chi connectivity index (χ3v) is 3.40. The van der Waals surface area contributed by atoms with E-state index >= 15 is 0 Å². The molecule has 0 bridgehead atoms. The van der Waals surface area contributed by atoms with Crippen LogP contribution in [0.4, 0.5) is 0 Å². The molecule has 0 aliphatic carbocycles. The Labute approximate surface area is 147 Å². The van der Waals surface area contributed by atoms with Gasteiger partial charge in [-0.1, -0.05) is 24.0 Å². The third-order valence-electron chi connectivity index (χ3n) is 3.40. The van der Waals surface area contributed by atoms with Gasteiger partial charge in [0.05, 0.1) is 12.7 Å². The molecule has 1 heterocycles. The fourth-order valence-electron chi connectivity index (χ4n) is 2.30. The van der Waals surface area contributed by atoms with Gasteiger partial charge in [0.15, 0.2) is 6.20 Å². The summed E-state index contributed by atoms with van der Waals surface area (Å²) in [5, 5.41) is 1.20. The van der Waals surface area contributed by atoms with Gasteiger partial charge in [0.1, 0.15) is 12.8 Å². The van der Waals surface area contributed by atoms with E-state index in [1.54, 1.807) is 7.11 Å². The number of ether oxygens (including phenoxy) is 1. The molecule has 0 fully saturated rings. The van der Waals surface area contributed by atoms with Crippen LogP contribution in [0.15, 0.2) is 60.8 Å². The van der Waals surface area contributed by atoms with Crippen LogP contribution in [-0.2, 0) is 7.05 Å². The molecule has 3 rings (SSSR count). The van der Waals surface area contributed by atoms with E-state index < -0.39 is 0 Å². The third kappa shape index (κ3) is 3.58. The van der Waals surface area contributed by atoms with Crippen LogP contribution in [0.1, 0.15) is 11.1 Å². The van der Waals surface area contributed by atoms with Crippen LogP contribution < -0.4 is 33.3 Å². The molecule has 0 atom stereocenters. The maximum atomic E-state index is 5.14. The van der Waals surface area contributed by atoms with Gasteiger partial charge in [0, 0.05) is 17.0 Å². The zero-order chi connectivity index (χ0) is 14.7. The molecule has 0 saturated carbocycles. The summed E-state index contributed by atoms with van der Waals surface area (Å²) in [7, 11) is 3.71. The summed E-state index contributed by atoms with van der Waals surface area (Å²) in [5.74, 6) is 7.25. The maximum absolute atomic E-state index is 5.14. The Morgan fingerprint density at radius 3 is 2.32 bits per heavy atom. The van der Waals surface area contributed by atoms with Crippen molar-refractivity contribution in [1.29, 1.82) is 0 Å². The summed E-state index contributed by atoms with van der Waals surface area (Å²) in [6.45, 7) is 0. The summed E-state index contributed by atoms with van der Waals surface area (Å²) in [6, 6.07) is 18.2. The van der Waals surface area contributed by atoms with E-state index in [2.05, 4.69) is 40.8 Å². The van der Waals surface area contributed by atoms with Gasteiger partial charge in [-0.25, -0.2) is 0 Å². The monoisotopic (exact) mass is 401 g/mol. The molecule has 0 aliphatic rings. The molecule has 0 unspecified atom stereocenters. The van der Waals surface area contributed by atoms with Crippen LogP contribution in [0, 0.1) is 11.8 Å². The highest BCUT2D eigenvalue weighted by Crippen LogP contribution is 2.12. The number of halogens is 1. The van der Waals surface area contributed by atoms with Crippen molar-refractivity contribution in [3.8, 4) is 17.6 Å². The minimum Gasteiger partial charge on any atom is -1.00 e. The Morgan fingerprint density at radius 2 is 1.59 bits per heavy atom. The van der Waals surface area contributed by atoms with E-state index in [4.69, 9.17) is 4.74 Å². The summed E-state index contributed by atoms with van der Waals surface area (Å²) < 4.78 is 7.25. The van der Waals surface area contributed by atoms with Gasteiger partial charge in [0.2, 0.25) is 5.52 Å². The Bertz CT molecular complexity index is 845. The Hall–Kier alpha value is -2.06. The lowest BCUT2D eigenvalue weighted by atomic mass is 10.1. The predicted octanol–water partition coefficient (Wildman–Crippen LogP) is 0.0767. The van der Waals surface area contributed by atoms with Crippen LogP contribution in [0.3, 0.4) is 0 Å². The fourth-order valence-corrected chi connectivity index (χ4v) is 2.30. The molecule has 0 spiro atoms. The maximum Gasteiger partial charge on any atom is 0.212 e. The van der Waals surface area contributed by atoms with E-state index in [9.17, 15) is 0 Å². The normalized spacial score (nSPS) is 9.55. The quantitative estimate of drug-likeness (QED) is 0.320. The van der Waals surface area contributed by atoms with E-state index in [-0.39, 0.29) is 24.0 Å². The Balaban J connectivity index is 0.00000176. The Kier molecular flexibility index (Phi) is 5.40. The first-order valence-electron chi connectivity index (χ1n) is 6.81. The molecular weight excluding hydrogens is 385 g/mol. The van der Waals surface area contributed by atoms with Crippen LogP contribution in [0.2, 0.25) is 0 Å². The number of fused-ring (bicyclic) bond motifs is 1. The van der Waals surface area contributed by atoms with Gasteiger partial charge >= 0.3 is 0 Å². The fraction of sp³-hybridized carbons (Fsp3) is 0.105. The van der Waals surface area contributed by atoms with E-state index in [0.717, 1.165) is 16.9 Å². The number of pyridine rings is 1. The number of hydrogen-bond acceptors (Lipinski definition) is 1. The SMILES string of the molecule is COc1ccc(C#Cc2cc3ccccc3[n+](C)c2)cc1.[I-]. The van der Waals surface area contributed by atoms with E-state index in [1.165, 1.54) is 10.9 Å². The number of aromatic nitrogens is 1. The summed E-state index contributed by atoms with van der Waals surface area (Å²) in [6.07, 6.45) is 2.05. The Morgan fingerprint density at radius 1 is 0.909 bits per heavy atom. The lowest BCUT2D eigenvalue weighted by Gasteiger charge is -1.98. The minimum absolute atomic E-state index is 0. The van der Waals surface area contributed by atoms with Crippen LogP contribution in [-0.4, -0.2) is 7.11 Å². The summed E-state index contributed by atoms with van der Waals surface area (Å²) in [4.78, 5) is 0. The van der Waals surface area contributed by atoms with Crippen molar-refractivity contribution < 1.29 is 33.3 Å². The average Bonchev–Trinajstić information content (AvgIpc) is 2.53. The predicted molar refractivity (Wildman–Crippen MR) is 84.1 cm³/mol. The second-order valence-electron chi connectivity index (χ2n) is 4.88. The number of nitrogens with zero attached hydrogens (tertiary/aromatic N) is 1. The number of rotatable bonds is 1. The highest BCUT2D eigenvalue weighted by Gasteiger charge is 2.05. The van der Waals surface area contributed by atoms with Crippen LogP contribution >= 0.6 is 0 Å². The minimum atomic E-state index is 0. The van der Waals surface area contributed by atoms with Crippen molar-refractivity contribution in [2.75, 3.05) is 7.11 Å². The first-order valence-corrected chi connectivity index (χ1v) is 6.81. The van der Waals surface area contributed by atoms with Crippen LogP contribution in [0.5, 0.6) is 5.75 Å².